The monoisotopic (exact) mass is 320 g/mol. The van der Waals surface area contributed by atoms with Crippen molar-refractivity contribution in [2.75, 3.05) is 5.32 Å². The third-order valence-corrected chi connectivity index (χ3v) is 3.89. The van der Waals surface area contributed by atoms with Crippen molar-refractivity contribution in [3.05, 3.63) is 41.2 Å². The molecule has 3 rings (SSSR count). The molecule has 1 fully saturated rings. The number of aliphatic carboxylic acids is 1. The first-order valence-electron chi connectivity index (χ1n) is 6.68. The highest BCUT2D eigenvalue weighted by Gasteiger charge is 2.51. The molecule has 0 unspecified atom stereocenters. The molecule has 0 bridgehead atoms. The van der Waals surface area contributed by atoms with Crippen molar-refractivity contribution in [3.63, 3.8) is 0 Å². The van der Waals surface area contributed by atoms with E-state index in [-0.39, 0.29) is 18.4 Å². The fourth-order valence-electron chi connectivity index (χ4n) is 2.33. The number of amides is 1. The van der Waals surface area contributed by atoms with Crippen LogP contribution >= 0.6 is 11.6 Å². The van der Waals surface area contributed by atoms with Gasteiger partial charge in [-0.25, -0.2) is 9.67 Å². The summed E-state index contributed by atoms with van der Waals surface area (Å²) in [5.41, 5.74) is 0.336. The minimum absolute atomic E-state index is 0.103. The van der Waals surface area contributed by atoms with Crippen molar-refractivity contribution < 1.29 is 14.7 Å². The molecule has 1 saturated carbocycles. The van der Waals surface area contributed by atoms with Gasteiger partial charge in [0.1, 0.15) is 12.9 Å². The summed E-state index contributed by atoms with van der Waals surface area (Å²) < 4.78 is 1.15. The highest BCUT2D eigenvalue weighted by atomic mass is 35.5. The van der Waals surface area contributed by atoms with E-state index in [1.165, 1.54) is 6.33 Å². The van der Waals surface area contributed by atoms with Crippen LogP contribution in [0.5, 0.6) is 0 Å². The summed E-state index contributed by atoms with van der Waals surface area (Å²) in [6, 6.07) is 7.19. The van der Waals surface area contributed by atoms with Crippen molar-refractivity contribution in [3.8, 4) is 0 Å². The summed E-state index contributed by atoms with van der Waals surface area (Å²) in [6.07, 6.45) is 2.76. The lowest BCUT2D eigenvalue weighted by atomic mass is 9.95. The zero-order valence-electron chi connectivity index (χ0n) is 11.5. The molecule has 114 valence electrons. The van der Waals surface area contributed by atoms with Gasteiger partial charge in [0.25, 0.3) is 0 Å². The molecule has 1 heterocycles. The summed E-state index contributed by atoms with van der Waals surface area (Å²) in [7, 11) is 0. The molecule has 0 radical (unpaired) electrons. The Kier molecular flexibility index (Phi) is 3.58. The largest absolute Gasteiger partial charge is 0.480 e. The second-order valence-corrected chi connectivity index (χ2v) is 5.64. The van der Waals surface area contributed by atoms with E-state index >= 15 is 0 Å². The standard InChI is InChI=1S/C14H13ClN4O3/c15-10-3-1-9(2-4-10)14(5-6-14)12(22)17-13-16-8-19(18-13)7-11(20)21/h1-4,8H,5-7H2,(H,20,21)(H,17,18,22). The SMILES string of the molecule is O=C(O)Cn1cnc(NC(=O)C2(c3ccc(Cl)cc3)CC2)n1. The maximum atomic E-state index is 12.5. The van der Waals surface area contributed by atoms with E-state index in [0.29, 0.717) is 5.02 Å². The van der Waals surface area contributed by atoms with E-state index in [1.807, 2.05) is 12.1 Å². The predicted octanol–water partition coefficient (Wildman–Crippen LogP) is 1.69. The zero-order valence-corrected chi connectivity index (χ0v) is 12.2. The summed E-state index contributed by atoms with van der Waals surface area (Å²) in [5.74, 6) is -1.11. The molecule has 1 aromatic heterocycles. The van der Waals surface area contributed by atoms with E-state index < -0.39 is 11.4 Å². The average molecular weight is 321 g/mol. The maximum Gasteiger partial charge on any atom is 0.325 e. The van der Waals surface area contributed by atoms with Crippen molar-refractivity contribution in [1.29, 1.82) is 0 Å². The molecule has 0 aliphatic heterocycles. The van der Waals surface area contributed by atoms with E-state index in [4.69, 9.17) is 16.7 Å². The Balaban J connectivity index is 1.73. The maximum absolute atomic E-state index is 12.5. The molecule has 1 aromatic carbocycles. The summed E-state index contributed by atoms with van der Waals surface area (Å²) in [6.45, 7) is -0.300. The van der Waals surface area contributed by atoms with E-state index in [2.05, 4.69) is 15.4 Å². The Morgan fingerprint density at radius 3 is 2.59 bits per heavy atom. The van der Waals surface area contributed by atoms with Gasteiger partial charge < -0.3 is 5.11 Å². The second kappa shape index (κ2) is 5.42. The molecule has 0 atom stereocenters. The molecule has 8 heteroatoms. The lowest BCUT2D eigenvalue weighted by molar-refractivity contribution is -0.137. The minimum atomic E-state index is -1.03. The first-order valence-corrected chi connectivity index (χ1v) is 7.06. The van der Waals surface area contributed by atoms with E-state index in [1.54, 1.807) is 12.1 Å². The molecule has 1 amide bonds. The van der Waals surface area contributed by atoms with Crippen LogP contribution in [0.1, 0.15) is 18.4 Å². The normalized spacial score (nSPS) is 15.3. The van der Waals surface area contributed by atoms with Gasteiger partial charge in [0.2, 0.25) is 11.9 Å². The smallest absolute Gasteiger partial charge is 0.325 e. The van der Waals surface area contributed by atoms with Crippen LogP contribution in [-0.4, -0.2) is 31.7 Å². The third-order valence-electron chi connectivity index (χ3n) is 3.64. The number of carboxylic acid groups (broad SMARTS) is 1. The van der Waals surface area contributed by atoms with Gasteiger partial charge in [-0.05, 0) is 30.5 Å². The molecule has 0 saturated heterocycles. The van der Waals surface area contributed by atoms with Crippen molar-refractivity contribution >= 4 is 29.4 Å². The van der Waals surface area contributed by atoms with Crippen LogP contribution in [-0.2, 0) is 21.5 Å². The lowest BCUT2D eigenvalue weighted by Gasteiger charge is -2.14. The first-order chi connectivity index (χ1) is 10.5. The van der Waals surface area contributed by atoms with Gasteiger partial charge in [-0.15, -0.1) is 5.10 Å². The van der Waals surface area contributed by atoms with Crippen molar-refractivity contribution in [2.45, 2.75) is 24.8 Å². The van der Waals surface area contributed by atoms with Crippen LogP contribution in [0, 0.1) is 0 Å². The number of hydrogen-bond acceptors (Lipinski definition) is 4. The van der Waals surface area contributed by atoms with Crippen molar-refractivity contribution in [2.24, 2.45) is 0 Å². The van der Waals surface area contributed by atoms with Crippen LogP contribution in [0.4, 0.5) is 5.95 Å². The lowest BCUT2D eigenvalue weighted by Crippen LogP contribution is -2.28. The minimum Gasteiger partial charge on any atom is -0.480 e. The third kappa shape index (κ3) is 2.80. The molecule has 22 heavy (non-hydrogen) atoms. The number of benzene rings is 1. The molecule has 2 aromatic rings. The topological polar surface area (TPSA) is 97.1 Å². The number of carbonyl (C=O) groups is 2. The number of hydrogen-bond donors (Lipinski definition) is 2. The van der Waals surface area contributed by atoms with Gasteiger partial charge in [-0.3, -0.25) is 14.9 Å². The van der Waals surface area contributed by atoms with Crippen LogP contribution in [0.2, 0.25) is 5.02 Å². The fourth-order valence-corrected chi connectivity index (χ4v) is 2.45. The van der Waals surface area contributed by atoms with E-state index in [0.717, 1.165) is 23.1 Å². The van der Waals surface area contributed by atoms with Gasteiger partial charge in [0, 0.05) is 5.02 Å². The molecule has 1 aliphatic rings. The van der Waals surface area contributed by atoms with Gasteiger partial charge in [-0.1, -0.05) is 23.7 Å². The van der Waals surface area contributed by atoms with Crippen LogP contribution in [0.25, 0.3) is 0 Å². The summed E-state index contributed by atoms with van der Waals surface area (Å²) >= 11 is 5.86. The number of carboxylic acids is 1. The fraction of sp³-hybridized carbons (Fsp3) is 0.286. The van der Waals surface area contributed by atoms with E-state index in [9.17, 15) is 9.59 Å². The van der Waals surface area contributed by atoms with Crippen LogP contribution in [0.3, 0.4) is 0 Å². The number of carbonyl (C=O) groups excluding carboxylic acids is 1. The number of nitrogens with zero attached hydrogens (tertiary/aromatic N) is 3. The Labute approximate surface area is 130 Å². The summed E-state index contributed by atoms with van der Waals surface area (Å²) in [4.78, 5) is 27.0. The first kappa shape index (κ1) is 14.5. The van der Waals surface area contributed by atoms with Gasteiger partial charge in [-0.2, -0.15) is 0 Å². The molecule has 0 spiro atoms. The average Bonchev–Trinajstić information content (AvgIpc) is 3.17. The molecule has 2 N–H and O–H groups in total. The molecular weight excluding hydrogens is 308 g/mol. The number of rotatable bonds is 5. The quantitative estimate of drug-likeness (QED) is 0.873. The number of anilines is 1. The van der Waals surface area contributed by atoms with Gasteiger partial charge >= 0.3 is 5.97 Å². The second-order valence-electron chi connectivity index (χ2n) is 5.20. The number of halogens is 1. The molecule has 1 aliphatic carbocycles. The zero-order chi connectivity index (χ0) is 15.7. The Hall–Kier alpha value is -2.41. The molecule has 7 nitrogen and oxygen atoms in total. The molecular formula is C14H13ClN4O3. The van der Waals surface area contributed by atoms with Gasteiger partial charge in [0.05, 0.1) is 5.41 Å². The highest BCUT2D eigenvalue weighted by Crippen LogP contribution is 2.49. The van der Waals surface area contributed by atoms with Crippen molar-refractivity contribution in [1.82, 2.24) is 14.8 Å². The Bertz CT molecular complexity index is 722. The Morgan fingerprint density at radius 1 is 1.32 bits per heavy atom. The Morgan fingerprint density at radius 2 is 2.00 bits per heavy atom. The summed E-state index contributed by atoms with van der Waals surface area (Å²) in [5, 5.41) is 15.9. The van der Waals surface area contributed by atoms with Crippen LogP contribution < -0.4 is 5.32 Å². The van der Waals surface area contributed by atoms with Gasteiger partial charge in [0.15, 0.2) is 0 Å². The number of aromatic nitrogens is 3. The highest BCUT2D eigenvalue weighted by molar-refractivity contribution is 6.30. The predicted molar refractivity (Wildman–Crippen MR) is 78.7 cm³/mol. The number of nitrogens with one attached hydrogen (secondary N) is 1. The van der Waals surface area contributed by atoms with Crippen LogP contribution in [0.15, 0.2) is 30.6 Å².